The first-order chi connectivity index (χ1) is 15.7. The number of ether oxygens (including phenoxy) is 1. The first kappa shape index (κ1) is 22.5. The number of nitrogens with one attached hydrogen (secondary N) is 3. The maximum absolute atomic E-state index is 13.4. The van der Waals surface area contributed by atoms with Crippen LogP contribution in [-0.2, 0) is 16.1 Å². The second kappa shape index (κ2) is 8.70. The summed E-state index contributed by atoms with van der Waals surface area (Å²) >= 11 is 5.78. The van der Waals surface area contributed by atoms with Crippen molar-refractivity contribution in [3.8, 4) is 0 Å². The first-order valence-electron chi connectivity index (χ1n) is 9.78. The minimum atomic E-state index is -2.36. The number of alkyl carbamates (subject to hydrolysis) is 1. The summed E-state index contributed by atoms with van der Waals surface area (Å²) in [5, 5.41) is 13.8. The third-order valence-electron chi connectivity index (χ3n) is 5.17. The molecular formula is C21H19ClFN5O5. The van der Waals surface area contributed by atoms with Crippen molar-refractivity contribution in [2.45, 2.75) is 18.8 Å². The van der Waals surface area contributed by atoms with E-state index < -0.39 is 29.5 Å². The lowest BCUT2D eigenvalue weighted by molar-refractivity contribution is -0.175. The minimum Gasteiger partial charge on any atom is -0.407 e. The summed E-state index contributed by atoms with van der Waals surface area (Å²) in [5.41, 5.74) is 3.74. The van der Waals surface area contributed by atoms with Crippen molar-refractivity contribution in [2.24, 2.45) is 5.84 Å². The van der Waals surface area contributed by atoms with E-state index in [0.717, 1.165) is 6.07 Å². The van der Waals surface area contributed by atoms with E-state index in [0.29, 0.717) is 22.2 Å². The fraction of sp³-hybridized carbons (Fsp3) is 0.190. The van der Waals surface area contributed by atoms with Gasteiger partial charge >= 0.3 is 6.09 Å². The van der Waals surface area contributed by atoms with Crippen LogP contribution in [0.4, 0.5) is 14.9 Å². The summed E-state index contributed by atoms with van der Waals surface area (Å²) in [6.07, 6.45) is -1.21. The molecule has 0 saturated carbocycles. The summed E-state index contributed by atoms with van der Waals surface area (Å²) in [4.78, 5) is 40.9. The highest BCUT2D eigenvalue weighted by atomic mass is 35.5. The molecule has 0 aliphatic carbocycles. The molecule has 6 N–H and O–H groups in total. The minimum absolute atomic E-state index is 0.0915. The number of H-pyrrole nitrogens is 1. The number of hydrogen-bond acceptors (Lipinski definition) is 6. The van der Waals surface area contributed by atoms with Gasteiger partial charge in [-0.3, -0.25) is 15.0 Å². The summed E-state index contributed by atoms with van der Waals surface area (Å²) in [7, 11) is 0. The van der Waals surface area contributed by atoms with E-state index in [2.05, 4.69) is 10.3 Å². The smallest absolute Gasteiger partial charge is 0.407 e. The van der Waals surface area contributed by atoms with Crippen LogP contribution >= 0.6 is 11.6 Å². The van der Waals surface area contributed by atoms with Crippen molar-refractivity contribution in [1.29, 1.82) is 0 Å². The van der Waals surface area contributed by atoms with Crippen LogP contribution in [0.1, 0.15) is 22.5 Å². The maximum Gasteiger partial charge on any atom is 0.410 e. The van der Waals surface area contributed by atoms with E-state index in [-0.39, 0.29) is 30.2 Å². The number of carbonyl (C=O) groups is 3. The molecule has 1 atom stereocenters. The predicted molar refractivity (Wildman–Crippen MR) is 117 cm³/mol. The number of benzene rings is 2. The van der Waals surface area contributed by atoms with Gasteiger partial charge in [0.15, 0.2) is 0 Å². The molecule has 3 amide bonds. The quantitative estimate of drug-likeness (QED) is 0.165. The molecule has 1 aromatic heterocycles. The Morgan fingerprint density at radius 3 is 2.79 bits per heavy atom. The molecule has 1 aliphatic heterocycles. The number of nitrogen functional groups attached to an aromatic ring is 1. The average molecular weight is 476 g/mol. The number of fused-ring (bicyclic) bond motifs is 1. The number of hydrogen-bond donors (Lipinski definition) is 5. The zero-order chi connectivity index (χ0) is 23.8. The van der Waals surface area contributed by atoms with Crippen molar-refractivity contribution in [2.75, 3.05) is 11.4 Å². The number of rotatable bonds is 5. The number of amides is 3. The van der Waals surface area contributed by atoms with Gasteiger partial charge in [0.05, 0.1) is 0 Å². The molecule has 33 heavy (non-hydrogen) atoms. The molecular weight excluding hydrogens is 457 g/mol. The number of aromatic nitrogens is 1. The van der Waals surface area contributed by atoms with Gasteiger partial charge in [-0.15, -0.1) is 0 Å². The second-order valence-corrected chi connectivity index (χ2v) is 7.88. The maximum atomic E-state index is 13.4. The van der Waals surface area contributed by atoms with Gasteiger partial charge in [0, 0.05) is 41.1 Å². The zero-order valence-electron chi connectivity index (χ0n) is 17.0. The van der Waals surface area contributed by atoms with Crippen LogP contribution in [0.25, 0.3) is 10.9 Å². The lowest BCUT2D eigenvalue weighted by atomic mass is 10.2. The Morgan fingerprint density at radius 2 is 2.06 bits per heavy atom. The fourth-order valence-electron chi connectivity index (χ4n) is 3.59. The van der Waals surface area contributed by atoms with Crippen LogP contribution in [0, 0.1) is 5.82 Å². The van der Waals surface area contributed by atoms with Crippen LogP contribution in [0.5, 0.6) is 0 Å². The second-order valence-electron chi connectivity index (χ2n) is 7.44. The van der Waals surface area contributed by atoms with Gasteiger partial charge in [-0.1, -0.05) is 11.6 Å². The summed E-state index contributed by atoms with van der Waals surface area (Å²) < 4.78 is 18.4. The van der Waals surface area contributed by atoms with Crippen LogP contribution in [0.2, 0.25) is 5.02 Å². The number of anilines is 1. The number of halogens is 2. The van der Waals surface area contributed by atoms with Crippen molar-refractivity contribution >= 4 is 46.1 Å². The van der Waals surface area contributed by atoms with E-state index in [1.807, 2.05) is 5.43 Å². The van der Waals surface area contributed by atoms with Gasteiger partial charge < -0.3 is 25.0 Å². The molecule has 3 aromatic rings. The third-order valence-corrected chi connectivity index (χ3v) is 5.38. The van der Waals surface area contributed by atoms with Crippen LogP contribution in [-0.4, -0.2) is 40.3 Å². The number of nitrogens with zero attached hydrogens (tertiary/aromatic N) is 1. The molecule has 2 heterocycles. The number of aliphatic hydroxyl groups is 1. The molecule has 2 aromatic carbocycles. The van der Waals surface area contributed by atoms with E-state index in [9.17, 15) is 23.9 Å². The Kier molecular flexibility index (Phi) is 5.93. The van der Waals surface area contributed by atoms with Crippen LogP contribution in [0.3, 0.4) is 0 Å². The number of carbonyl (C=O) groups excluding carboxylic acids is 3. The molecule has 10 nitrogen and oxygen atoms in total. The van der Waals surface area contributed by atoms with Crippen molar-refractivity contribution in [1.82, 2.24) is 15.7 Å². The van der Waals surface area contributed by atoms with Crippen molar-refractivity contribution in [3.05, 3.63) is 64.6 Å². The molecule has 0 unspecified atom stereocenters. The Balaban J connectivity index is 1.43. The van der Waals surface area contributed by atoms with E-state index >= 15 is 0 Å². The highest BCUT2D eigenvalue weighted by molar-refractivity contribution is 6.30. The lowest BCUT2D eigenvalue weighted by Gasteiger charge is -2.22. The van der Waals surface area contributed by atoms with Gasteiger partial charge in [-0.05, 0) is 48.0 Å². The highest BCUT2D eigenvalue weighted by Gasteiger charge is 2.49. The number of nitrogens with two attached hydrogens (primary N) is 1. The monoisotopic (exact) mass is 475 g/mol. The molecule has 1 aliphatic rings. The Hall–Kier alpha value is -3.67. The summed E-state index contributed by atoms with van der Waals surface area (Å²) in [6.45, 7) is -0.0264. The van der Waals surface area contributed by atoms with Gasteiger partial charge in [-0.25, -0.2) is 15.0 Å². The standard InChI is InChI=1S/C21H19ClFN5O5/c22-13-5-11(6-14(23)9-13)10-25-20(31)33-21(32)3-4-28(19(21)30)15-1-2-16-12(7-15)8-17(26-16)18(29)27-24/h1-2,5-9,26,32H,3-4,10,24H2,(H,25,31)(H,27,29)/t21-/m0/s1. The summed E-state index contributed by atoms with van der Waals surface area (Å²) in [6, 6.07) is 10.3. The van der Waals surface area contributed by atoms with Gasteiger partial charge in [0.25, 0.3) is 17.6 Å². The molecule has 172 valence electrons. The van der Waals surface area contributed by atoms with Crippen LogP contribution < -0.4 is 21.5 Å². The van der Waals surface area contributed by atoms with Gasteiger partial charge in [-0.2, -0.15) is 0 Å². The van der Waals surface area contributed by atoms with Crippen molar-refractivity contribution in [3.63, 3.8) is 0 Å². The van der Waals surface area contributed by atoms with Crippen molar-refractivity contribution < 1.29 is 28.6 Å². The van der Waals surface area contributed by atoms with Crippen LogP contribution in [0.15, 0.2) is 42.5 Å². The van der Waals surface area contributed by atoms with Gasteiger partial charge in [0.1, 0.15) is 11.5 Å². The largest absolute Gasteiger partial charge is 0.410 e. The van der Waals surface area contributed by atoms with E-state index in [4.69, 9.17) is 22.2 Å². The third kappa shape index (κ3) is 4.60. The SMILES string of the molecule is NNC(=O)c1cc2cc(N3CC[C@](O)(OC(=O)NCc4cc(F)cc(Cl)c4)C3=O)ccc2[nH]1. The number of hydrazine groups is 1. The molecule has 0 radical (unpaired) electrons. The Morgan fingerprint density at radius 1 is 1.27 bits per heavy atom. The molecule has 0 spiro atoms. The molecule has 1 fully saturated rings. The topological polar surface area (TPSA) is 150 Å². The normalized spacial score (nSPS) is 17.9. The molecule has 1 saturated heterocycles. The zero-order valence-corrected chi connectivity index (χ0v) is 17.8. The Labute approximate surface area is 191 Å². The molecule has 4 rings (SSSR count). The molecule has 12 heteroatoms. The summed E-state index contributed by atoms with van der Waals surface area (Å²) in [5.74, 6) is 0.896. The van der Waals surface area contributed by atoms with E-state index in [1.54, 1.807) is 24.3 Å². The first-order valence-corrected chi connectivity index (χ1v) is 10.2. The Bertz CT molecular complexity index is 1240. The molecule has 0 bridgehead atoms. The predicted octanol–water partition coefficient (Wildman–Crippen LogP) is 1.92. The fourth-order valence-corrected chi connectivity index (χ4v) is 3.83. The number of aromatic amines is 1. The average Bonchev–Trinajstić information content (AvgIpc) is 3.32. The lowest BCUT2D eigenvalue weighted by Crippen LogP contribution is -2.46. The highest BCUT2D eigenvalue weighted by Crippen LogP contribution is 2.31. The van der Waals surface area contributed by atoms with E-state index in [1.165, 1.54) is 17.0 Å². The van der Waals surface area contributed by atoms with Gasteiger partial charge in [0.2, 0.25) is 0 Å².